The van der Waals surface area contributed by atoms with Crippen molar-refractivity contribution in [1.29, 1.82) is 0 Å². The van der Waals surface area contributed by atoms with Crippen molar-refractivity contribution in [3.63, 3.8) is 0 Å². The van der Waals surface area contributed by atoms with Gasteiger partial charge in [0, 0.05) is 16.6 Å². The van der Waals surface area contributed by atoms with Crippen LogP contribution in [0, 0.1) is 5.82 Å². The van der Waals surface area contributed by atoms with Gasteiger partial charge in [-0.3, -0.25) is 4.90 Å². The Hall–Kier alpha value is -1.14. The molecule has 1 amide bonds. The summed E-state index contributed by atoms with van der Waals surface area (Å²) in [5.74, 6) is -0.430. The summed E-state index contributed by atoms with van der Waals surface area (Å²) in [4.78, 5) is 12.3. The first-order valence-electron chi connectivity index (χ1n) is 5.12. The van der Waals surface area contributed by atoms with Gasteiger partial charge in [0.05, 0.1) is 19.3 Å². The second-order valence-electron chi connectivity index (χ2n) is 3.73. The number of amides is 1. The largest absolute Gasteiger partial charge is 0.465 e. The highest BCUT2D eigenvalue weighted by Gasteiger charge is 2.30. The number of rotatable bonds is 1. The molecule has 0 aromatic heterocycles. The Kier molecular flexibility index (Phi) is 3.63. The maximum Gasteiger partial charge on any atom is 0.407 e. The highest BCUT2D eigenvalue weighted by atomic mass is 79.9. The van der Waals surface area contributed by atoms with Crippen LogP contribution in [0.5, 0.6) is 0 Å². The average molecular weight is 304 g/mol. The number of halogens is 2. The summed E-state index contributed by atoms with van der Waals surface area (Å²) < 4.78 is 19.6. The molecule has 1 atom stereocenters. The van der Waals surface area contributed by atoms with Gasteiger partial charge < -0.3 is 9.84 Å². The molecule has 1 aromatic carbocycles. The molecule has 4 nitrogen and oxygen atoms in total. The first-order valence-corrected chi connectivity index (χ1v) is 5.91. The third-order valence-corrected chi connectivity index (χ3v) is 3.19. The van der Waals surface area contributed by atoms with Gasteiger partial charge in [0.1, 0.15) is 5.82 Å². The lowest BCUT2D eigenvalue weighted by atomic mass is 10.0. The highest BCUT2D eigenvalue weighted by molar-refractivity contribution is 9.10. The van der Waals surface area contributed by atoms with E-state index in [1.165, 1.54) is 11.0 Å². The molecule has 0 saturated carbocycles. The van der Waals surface area contributed by atoms with E-state index in [1.807, 2.05) is 0 Å². The molecule has 1 heterocycles. The first-order chi connectivity index (χ1) is 8.09. The zero-order valence-electron chi connectivity index (χ0n) is 8.90. The van der Waals surface area contributed by atoms with Gasteiger partial charge in [0.2, 0.25) is 0 Å². The zero-order chi connectivity index (χ0) is 12.4. The van der Waals surface area contributed by atoms with E-state index < -0.39 is 18.0 Å². The maximum atomic E-state index is 13.8. The summed E-state index contributed by atoms with van der Waals surface area (Å²) in [5.41, 5.74) is 0.343. The molecule has 92 valence electrons. The molecular weight excluding hydrogens is 293 g/mol. The van der Waals surface area contributed by atoms with Gasteiger partial charge >= 0.3 is 6.09 Å². The molecule has 1 aromatic rings. The molecule has 1 N–H and O–H groups in total. The maximum absolute atomic E-state index is 13.8. The highest BCUT2D eigenvalue weighted by Crippen LogP contribution is 2.28. The number of nitrogens with zero attached hydrogens (tertiary/aromatic N) is 1. The summed E-state index contributed by atoms with van der Waals surface area (Å²) in [6, 6.07) is 4.01. The van der Waals surface area contributed by atoms with Crippen molar-refractivity contribution in [2.24, 2.45) is 0 Å². The molecule has 0 spiro atoms. The van der Waals surface area contributed by atoms with E-state index in [4.69, 9.17) is 9.84 Å². The number of carbonyl (C=O) groups is 1. The molecule has 1 fully saturated rings. The number of carboxylic acid groups (broad SMARTS) is 1. The molecule has 6 heteroatoms. The van der Waals surface area contributed by atoms with Crippen LogP contribution in [0.3, 0.4) is 0 Å². The van der Waals surface area contributed by atoms with Gasteiger partial charge in [0.25, 0.3) is 0 Å². The lowest BCUT2D eigenvalue weighted by Crippen LogP contribution is -2.42. The molecule has 1 aliphatic heterocycles. The molecule has 0 radical (unpaired) electrons. The van der Waals surface area contributed by atoms with Gasteiger partial charge in [0.15, 0.2) is 0 Å². The molecule has 0 bridgehead atoms. The summed E-state index contributed by atoms with van der Waals surface area (Å²) in [7, 11) is 0. The van der Waals surface area contributed by atoms with Gasteiger partial charge in [-0.1, -0.05) is 22.0 Å². The number of morpholine rings is 1. The number of hydrogen-bond acceptors (Lipinski definition) is 2. The molecule has 17 heavy (non-hydrogen) atoms. The Bertz CT molecular complexity index is 441. The van der Waals surface area contributed by atoms with E-state index >= 15 is 0 Å². The standard InChI is InChI=1S/C11H11BrFNO3/c12-7-1-2-8(9(13)5-7)10-6-17-4-3-14(10)11(15)16/h1-2,5,10H,3-4,6H2,(H,15,16). The topological polar surface area (TPSA) is 49.8 Å². The fraction of sp³-hybridized carbons (Fsp3) is 0.364. The Labute approximate surface area is 106 Å². The van der Waals surface area contributed by atoms with E-state index in [1.54, 1.807) is 12.1 Å². The van der Waals surface area contributed by atoms with Crippen molar-refractivity contribution in [1.82, 2.24) is 4.90 Å². The van der Waals surface area contributed by atoms with E-state index in [-0.39, 0.29) is 13.2 Å². The van der Waals surface area contributed by atoms with Crippen molar-refractivity contribution < 1.29 is 19.0 Å². The number of hydrogen-bond donors (Lipinski definition) is 1. The normalized spacial score (nSPS) is 20.4. The van der Waals surface area contributed by atoms with E-state index in [2.05, 4.69) is 15.9 Å². The molecule has 2 rings (SSSR count). The SMILES string of the molecule is O=C(O)N1CCOCC1c1ccc(Br)cc1F. The van der Waals surface area contributed by atoms with Crippen molar-refractivity contribution in [3.8, 4) is 0 Å². The van der Waals surface area contributed by atoms with Crippen molar-refractivity contribution >= 4 is 22.0 Å². The fourth-order valence-electron chi connectivity index (χ4n) is 1.86. The third kappa shape index (κ3) is 2.58. The minimum absolute atomic E-state index is 0.185. The van der Waals surface area contributed by atoms with Gasteiger partial charge in [-0.05, 0) is 12.1 Å². The Morgan fingerprint density at radius 3 is 3.00 bits per heavy atom. The lowest BCUT2D eigenvalue weighted by molar-refractivity contribution is -0.00198. The Balaban J connectivity index is 2.32. The molecule has 1 saturated heterocycles. The number of benzene rings is 1. The van der Waals surface area contributed by atoms with Crippen LogP contribution in [0.1, 0.15) is 11.6 Å². The third-order valence-electron chi connectivity index (χ3n) is 2.70. The summed E-state index contributed by atoms with van der Waals surface area (Å²) in [6.07, 6.45) is -1.05. The summed E-state index contributed by atoms with van der Waals surface area (Å²) >= 11 is 3.16. The molecule has 0 aliphatic carbocycles. The van der Waals surface area contributed by atoms with E-state index in [9.17, 15) is 9.18 Å². The lowest BCUT2D eigenvalue weighted by Gasteiger charge is -2.33. The van der Waals surface area contributed by atoms with Crippen LogP contribution in [0.15, 0.2) is 22.7 Å². The van der Waals surface area contributed by atoms with Crippen LogP contribution in [0.4, 0.5) is 9.18 Å². The molecule has 1 aliphatic rings. The van der Waals surface area contributed by atoms with Crippen molar-refractivity contribution in [3.05, 3.63) is 34.1 Å². The van der Waals surface area contributed by atoms with Gasteiger partial charge in [-0.2, -0.15) is 0 Å². The fourth-order valence-corrected chi connectivity index (χ4v) is 2.20. The quantitative estimate of drug-likeness (QED) is 0.867. The first kappa shape index (κ1) is 12.3. The van der Waals surface area contributed by atoms with Crippen LogP contribution < -0.4 is 0 Å². The van der Waals surface area contributed by atoms with Crippen LogP contribution in [-0.2, 0) is 4.74 Å². The minimum Gasteiger partial charge on any atom is -0.465 e. The van der Waals surface area contributed by atoms with Crippen LogP contribution in [0.25, 0.3) is 0 Å². The second kappa shape index (κ2) is 5.01. The van der Waals surface area contributed by atoms with E-state index in [0.29, 0.717) is 16.6 Å². The van der Waals surface area contributed by atoms with Gasteiger partial charge in [-0.25, -0.2) is 9.18 Å². The van der Waals surface area contributed by atoms with Crippen molar-refractivity contribution in [2.45, 2.75) is 6.04 Å². The van der Waals surface area contributed by atoms with Gasteiger partial charge in [-0.15, -0.1) is 0 Å². The zero-order valence-corrected chi connectivity index (χ0v) is 10.5. The molecular formula is C11H11BrFNO3. The second-order valence-corrected chi connectivity index (χ2v) is 4.65. The molecule has 1 unspecified atom stereocenters. The van der Waals surface area contributed by atoms with Crippen molar-refractivity contribution in [2.75, 3.05) is 19.8 Å². The average Bonchev–Trinajstić information content (AvgIpc) is 2.29. The van der Waals surface area contributed by atoms with Crippen LogP contribution >= 0.6 is 15.9 Å². The Morgan fingerprint density at radius 1 is 1.59 bits per heavy atom. The van der Waals surface area contributed by atoms with E-state index in [0.717, 1.165) is 0 Å². The van der Waals surface area contributed by atoms with Crippen LogP contribution in [-0.4, -0.2) is 35.9 Å². The predicted octanol–water partition coefficient (Wildman–Crippen LogP) is 2.64. The Morgan fingerprint density at radius 2 is 2.35 bits per heavy atom. The monoisotopic (exact) mass is 303 g/mol. The predicted molar refractivity (Wildman–Crippen MR) is 62.4 cm³/mol. The summed E-state index contributed by atoms with van der Waals surface area (Å²) in [6.45, 7) is 0.793. The summed E-state index contributed by atoms with van der Waals surface area (Å²) in [5, 5.41) is 9.05. The smallest absolute Gasteiger partial charge is 0.407 e. The van der Waals surface area contributed by atoms with Crippen LogP contribution in [0.2, 0.25) is 0 Å². The number of ether oxygens (including phenoxy) is 1. The minimum atomic E-state index is -1.05.